The molecule has 6 rings (SSSR count). The molecule has 1 aromatic rings. The van der Waals surface area contributed by atoms with E-state index in [1.54, 1.807) is 12.1 Å². The van der Waals surface area contributed by atoms with Gasteiger partial charge in [0.2, 0.25) is 0 Å². The molecule has 2 saturated heterocycles. The standard InChI is InChI=1S/C19H20O4/c1-8-5-11(20)7-10-3-4-19-9(2)6-12(23-18(19)22)15-16(19)14(10)13(8)17(15)21/h5,7,9,12,15-17,21H,3-4,6H2,1-2H3/t9-,12+,15-,16-,17+,19-/m1/s1. The third-order valence-electron chi connectivity index (χ3n) is 6.99. The van der Waals surface area contributed by atoms with E-state index in [0.29, 0.717) is 6.42 Å². The lowest BCUT2D eigenvalue weighted by Crippen LogP contribution is -2.61. The fourth-order valence-electron chi connectivity index (χ4n) is 6.09. The first kappa shape index (κ1) is 13.7. The number of aryl methyl sites for hydroxylation is 2. The van der Waals surface area contributed by atoms with Gasteiger partial charge in [-0.3, -0.25) is 9.59 Å². The lowest BCUT2D eigenvalue weighted by atomic mass is 9.50. The minimum Gasteiger partial charge on any atom is -0.461 e. The summed E-state index contributed by atoms with van der Waals surface area (Å²) in [5.41, 5.74) is 3.32. The van der Waals surface area contributed by atoms with E-state index in [2.05, 4.69) is 6.92 Å². The molecule has 1 N–H and O–H groups in total. The van der Waals surface area contributed by atoms with Crippen molar-refractivity contribution in [1.29, 1.82) is 0 Å². The lowest BCUT2D eigenvalue weighted by Gasteiger charge is -2.58. The van der Waals surface area contributed by atoms with E-state index in [1.165, 1.54) is 0 Å². The number of carbonyl (C=O) groups is 1. The van der Waals surface area contributed by atoms with Gasteiger partial charge < -0.3 is 9.84 Å². The van der Waals surface area contributed by atoms with Gasteiger partial charge >= 0.3 is 5.97 Å². The Bertz CT molecular complexity index is 814. The minimum absolute atomic E-state index is 0.0109. The van der Waals surface area contributed by atoms with Crippen LogP contribution in [0.15, 0.2) is 16.9 Å². The Morgan fingerprint density at radius 3 is 2.78 bits per heavy atom. The van der Waals surface area contributed by atoms with E-state index in [0.717, 1.165) is 35.1 Å². The van der Waals surface area contributed by atoms with Gasteiger partial charge in [0.25, 0.3) is 0 Å². The second-order valence-electron chi connectivity index (χ2n) is 7.85. The first-order chi connectivity index (χ1) is 10.9. The van der Waals surface area contributed by atoms with Gasteiger partial charge in [0.05, 0.1) is 11.5 Å². The van der Waals surface area contributed by atoms with Crippen LogP contribution in [0.4, 0.5) is 0 Å². The van der Waals surface area contributed by atoms with Crippen molar-refractivity contribution in [1.82, 2.24) is 0 Å². The molecule has 0 amide bonds. The predicted octanol–water partition coefficient (Wildman–Crippen LogP) is 2.00. The van der Waals surface area contributed by atoms with Crippen molar-refractivity contribution >= 4 is 5.97 Å². The van der Waals surface area contributed by atoms with Crippen LogP contribution in [0.25, 0.3) is 0 Å². The van der Waals surface area contributed by atoms with Crippen molar-refractivity contribution in [3.8, 4) is 0 Å². The summed E-state index contributed by atoms with van der Waals surface area (Å²) in [5.74, 6) is 0.143. The maximum atomic E-state index is 12.8. The molecule has 3 fully saturated rings. The first-order valence-corrected chi connectivity index (χ1v) is 8.52. The van der Waals surface area contributed by atoms with Gasteiger partial charge in [-0.25, -0.2) is 0 Å². The molecule has 3 aliphatic carbocycles. The zero-order valence-electron chi connectivity index (χ0n) is 13.3. The van der Waals surface area contributed by atoms with E-state index in [1.807, 2.05) is 6.92 Å². The van der Waals surface area contributed by atoms with Crippen LogP contribution in [-0.4, -0.2) is 17.2 Å². The number of carbonyl (C=O) groups excluding carboxylic acids is 1. The predicted molar refractivity (Wildman–Crippen MR) is 83.1 cm³/mol. The van der Waals surface area contributed by atoms with Crippen LogP contribution in [0.2, 0.25) is 0 Å². The van der Waals surface area contributed by atoms with Crippen LogP contribution in [0.1, 0.15) is 54.0 Å². The molecule has 0 radical (unpaired) electrons. The lowest BCUT2D eigenvalue weighted by molar-refractivity contribution is -0.215. The fourth-order valence-corrected chi connectivity index (χ4v) is 6.09. The molecule has 6 atom stereocenters. The van der Waals surface area contributed by atoms with Crippen LogP contribution >= 0.6 is 0 Å². The van der Waals surface area contributed by atoms with Crippen LogP contribution < -0.4 is 5.43 Å². The highest BCUT2D eigenvalue weighted by atomic mass is 16.6. The molecule has 23 heavy (non-hydrogen) atoms. The third-order valence-corrected chi connectivity index (χ3v) is 6.99. The zero-order valence-corrected chi connectivity index (χ0v) is 13.3. The van der Waals surface area contributed by atoms with Crippen molar-refractivity contribution in [2.45, 2.75) is 51.2 Å². The monoisotopic (exact) mass is 312 g/mol. The number of fused-ring (bicyclic) bond motifs is 2. The molecule has 1 saturated carbocycles. The van der Waals surface area contributed by atoms with Gasteiger partial charge in [-0.2, -0.15) is 0 Å². The molecular weight excluding hydrogens is 292 g/mol. The Kier molecular flexibility index (Phi) is 2.41. The molecule has 1 aromatic carbocycles. The van der Waals surface area contributed by atoms with E-state index in [9.17, 15) is 14.7 Å². The molecule has 1 spiro atoms. The summed E-state index contributed by atoms with van der Waals surface area (Å²) in [6.07, 6.45) is 1.44. The van der Waals surface area contributed by atoms with Gasteiger partial charge in [-0.1, -0.05) is 6.92 Å². The topological polar surface area (TPSA) is 63.6 Å². The van der Waals surface area contributed by atoms with Crippen molar-refractivity contribution in [2.24, 2.45) is 17.3 Å². The van der Waals surface area contributed by atoms with Gasteiger partial charge in [-0.05, 0) is 66.5 Å². The summed E-state index contributed by atoms with van der Waals surface area (Å²) < 4.78 is 5.72. The maximum absolute atomic E-state index is 12.8. The molecule has 4 nitrogen and oxygen atoms in total. The summed E-state index contributed by atoms with van der Waals surface area (Å²) in [4.78, 5) is 24.9. The molecule has 4 heteroatoms. The highest BCUT2D eigenvalue weighted by molar-refractivity contribution is 5.82. The van der Waals surface area contributed by atoms with E-state index < -0.39 is 11.5 Å². The Labute approximate surface area is 134 Å². The number of aliphatic hydroxyl groups is 1. The van der Waals surface area contributed by atoms with Crippen molar-refractivity contribution in [3.05, 3.63) is 44.6 Å². The highest BCUT2D eigenvalue weighted by Gasteiger charge is 2.69. The van der Waals surface area contributed by atoms with E-state index in [4.69, 9.17) is 4.74 Å². The summed E-state index contributed by atoms with van der Waals surface area (Å²) in [6.45, 7) is 4.04. The molecule has 2 heterocycles. The van der Waals surface area contributed by atoms with Crippen LogP contribution in [0.3, 0.4) is 0 Å². The number of hydrogen-bond acceptors (Lipinski definition) is 4. The van der Waals surface area contributed by atoms with Crippen LogP contribution in [0, 0.1) is 24.2 Å². The molecule has 0 unspecified atom stereocenters. The van der Waals surface area contributed by atoms with Crippen LogP contribution in [-0.2, 0) is 16.0 Å². The Hall–Kier alpha value is -1.68. The van der Waals surface area contributed by atoms with E-state index in [-0.39, 0.29) is 35.3 Å². The first-order valence-electron chi connectivity index (χ1n) is 8.52. The second kappa shape index (κ2) is 4.04. The number of aliphatic hydroxyl groups excluding tert-OH is 1. The highest BCUT2D eigenvalue weighted by Crippen LogP contribution is 2.69. The summed E-state index contributed by atoms with van der Waals surface area (Å²) in [5, 5.41) is 11.0. The summed E-state index contributed by atoms with van der Waals surface area (Å²) >= 11 is 0. The van der Waals surface area contributed by atoms with Crippen LogP contribution in [0.5, 0.6) is 0 Å². The van der Waals surface area contributed by atoms with Gasteiger partial charge in [-0.15, -0.1) is 0 Å². The van der Waals surface area contributed by atoms with Crippen molar-refractivity contribution in [2.75, 3.05) is 0 Å². The maximum Gasteiger partial charge on any atom is 0.313 e. The molecule has 120 valence electrons. The van der Waals surface area contributed by atoms with E-state index >= 15 is 0 Å². The largest absolute Gasteiger partial charge is 0.461 e. The quantitative estimate of drug-likeness (QED) is 0.744. The van der Waals surface area contributed by atoms with Gasteiger partial charge in [0.15, 0.2) is 5.43 Å². The fraction of sp³-hybridized carbons (Fsp3) is 0.579. The van der Waals surface area contributed by atoms with Crippen molar-refractivity contribution in [3.63, 3.8) is 0 Å². The molecule has 2 aliphatic heterocycles. The molecule has 0 aromatic heterocycles. The zero-order chi connectivity index (χ0) is 16.1. The SMILES string of the molecule is Cc1cc(=O)cc2c3c1[C@H](O)[C@@H]1[C@@H]4C[C@@H](C)[C@@](CC2)(C(=O)O4)[C@H]31. The van der Waals surface area contributed by atoms with Gasteiger partial charge in [0, 0.05) is 11.8 Å². The normalized spacial score (nSPS) is 42.4. The second-order valence-corrected chi connectivity index (χ2v) is 7.85. The number of esters is 1. The molecule has 5 aliphatic rings. The molecule has 2 bridgehead atoms. The van der Waals surface area contributed by atoms with Gasteiger partial charge in [0.1, 0.15) is 6.10 Å². The third kappa shape index (κ3) is 1.38. The summed E-state index contributed by atoms with van der Waals surface area (Å²) in [7, 11) is 0. The number of ether oxygens (including phenoxy) is 1. The Morgan fingerprint density at radius 2 is 2.04 bits per heavy atom. The number of hydrogen-bond donors (Lipinski definition) is 1. The molecular formula is C19H20O4. The minimum atomic E-state index is -0.636. The average Bonchev–Trinajstić information content (AvgIpc) is 2.72. The Balaban J connectivity index is 1.89. The number of rotatable bonds is 0. The van der Waals surface area contributed by atoms with Crippen molar-refractivity contribution < 1.29 is 14.6 Å². The smallest absolute Gasteiger partial charge is 0.313 e. The average molecular weight is 312 g/mol. The summed E-state index contributed by atoms with van der Waals surface area (Å²) in [6, 6.07) is 3.33. The Morgan fingerprint density at radius 1 is 1.26 bits per heavy atom.